The third kappa shape index (κ3) is 3.43. The van der Waals surface area contributed by atoms with Crippen molar-refractivity contribution in [2.24, 2.45) is 0 Å². The minimum Gasteiger partial charge on any atom is -0.481 e. The van der Waals surface area contributed by atoms with E-state index < -0.39 is 0 Å². The van der Waals surface area contributed by atoms with E-state index in [1.165, 1.54) is 0 Å². The third-order valence-corrected chi connectivity index (χ3v) is 3.98. The van der Waals surface area contributed by atoms with Crippen LogP contribution in [0.3, 0.4) is 0 Å². The van der Waals surface area contributed by atoms with E-state index in [0.29, 0.717) is 11.7 Å². The Morgan fingerprint density at radius 1 is 1.00 bits per heavy atom. The molecule has 4 aromatic heterocycles. The molecule has 0 aliphatic carbocycles. The molecule has 0 saturated carbocycles. The number of imidazole rings is 1. The van der Waals surface area contributed by atoms with Crippen LogP contribution in [0.2, 0.25) is 0 Å². The molecule has 0 amide bonds. The normalized spacial score (nSPS) is 10.3. The molecule has 0 aliphatic rings. The molecule has 26 heavy (non-hydrogen) atoms. The summed E-state index contributed by atoms with van der Waals surface area (Å²) < 4.78 is 7.95. The average molecular weight is 412 g/mol. The van der Waals surface area contributed by atoms with Gasteiger partial charge in [-0.15, -0.1) is 0 Å². The number of nitrogens with zero attached hydrogens (tertiary/aromatic N) is 5. The van der Waals surface area contributed by atoms with Gasteiger partial charge < -0.3 is 4.74 Å². The molecule has 0 aliphatic heterocycles. The van der Waals surface area contributed by atoms with E-state index in [0.717, 1.165) is 27.0 Å². The summed E-state index contributed by atoms with van der Waals surface area (Å²) in [5, 5.41) is 0. The minimum atomic E-state index is 0.554. The molecule has 4 rings (SSSR count). The Bertz CT molecular complexity index is 1000. The van der Waals surface area contributed by atoms with Crippen LogP contribution in [0.25, 0.3) is 28.4 Å². The molecule has 0 spiro atoms. The summed E-state index contributed by atoms with van der Waals surface area (Å²) in [5.41, 5.74) is 3.13. The van der Waals surface area contributed by atoms with Gasteiger partial charge in [-0.1, -0.05) is 19.9 Å². The fraction of sp³-hybridized carbons (Fsp3) is 0.158. The monoisotopic (exact) mass is 411 g/mol. The van der Waals surface area contributed by atoms with Crippen LogP contribution >= 0.6 is 15.9 Å². The molecule has 0 aromatic carbocycles. The quantitative estimate of drug-likeness (QED) is 0.489. The van der Waals surface area contributed by atoms with E-state index in [2.05, 4.69) is 30.9 Å². The smallest absolute Gasteiger partial charge is 0.213 e. The first-order valence-electron chi connectivity index (χ1n) is 8.22. The SMILES string of the molecule is CC.COc1ccc(-n2c(-c3ccccn3)nc3cc(Br)cnc32)cn1. The molecule has 6 nitrogen and oxygen atoms in total. The van der Waals surface area contributed by atoms with Crippen LogP contribution in [0.1, 0.15) is 13.8 Å². The zero-order chi connectivity index (χ0) is 18.5. The highest BCUT2D eigenvalue weighted by Gasteiger charge is 2.16. The molecule has 0 fully saturated rings. The van der Waals surface area contributed by atoms with E-state index in [1.807, 2.05) is 54.8 Å². The Hall–Kier alpha value is -2.80. The Balaban J connectivity index is 0.000000948. The number of aromatic nitrogens is 5. The van der Waals surface area contributed by atoms with Crippen LogP contribution in [-0.4, -0.2) is 31.6 Å². The summed E-state index contributed by atoms with van der Waals surface area (Å²) >= 11 is 3.44. The summed E-state index contributed by atoms with van der Waals surface area (Å²) in [6.45, 7) is 4.00. The number of fused-ring (bicyclic) bond motifs is 1. The number of halogens is 1. The number of pyridine rings is 3. The molecule has 4 heterocycles. The second kappa shape index (κ2) is 8.05. The van der Waals surface area contributed by atoms with Crippen LogP contribution in [0.4, 0.5) is 0 Å². The lowest BCUT2D eigenvalue weighted by Gasteiger charge is -2.08. The highest BCUT2D eigenvalue weighted by Crippen LogP contribution is 2.27. The van der Waals surface area contributed by atoms with Crippen LogP contribution < -0.4 is 4.74 Å². The van der Waals surface area contributed by atoms with Gasteiger partial charge in [-0.25, -0.2) is 15.0 Å². The van der Waals surface area contributed by atoms with Gasteiger partial charge in [-0.3, -0.25) is 9.55 Å². The largest absolute Gasteiger partial charge is 0.481 e. The van der Waals surface area contributed by atoms with E-state index in [4.69, 9.17) is 9.72 Å². The van der Waals surface area contributed by atoms with Gasteiger partial charge >= 0.3 is 0 Å². The summed E-state index contributed by atoms with van der Waals surface area (Å²) in [6.07, 6.45) is 5.23. The molecular formula is C19H18BrN5O. The van der Waals surface area contributed by atoms with Gasteiger partial charge in [-0.2, -0.15) is 0 Å². The van der Waals surface area contributed by atoms with Crippen molar-refractivity contribution in [2.75, 3.05) is 7.11 Å². The fourth-order valence-electron chi connectivity index (χ4n) is 2.48. The van der Waals surface area contributed by atoms with Crippen LogP contribution in [0, 0.1) is 0 Å². The van der Waals surface area contributed by atoms with Crippen molar-refractivity contribution >= 4 is 27.1 Å². The van der Waals surface area contributed by atoms with Gasteiger partial charge in [0.05, 0.1) is 19.0 Å². The van der Waals surface area contributed by atoms with Crippen molar-refractivity contribution < 1.29 is 4.74 Å². The second-order valence-corrected chi connectivity index (χ2v) is 5.96. The van der Waals surface area contributed by atoms with Crippen LogP contribution in [0.5, 0.6) is 5.88 Å². The molecule has 0 radical (unpaired) electrons. The zero-order valence-electron chi connectivity index (χ0n) is 14.7. The topological polar surface area (TPSA) is 65.7 Å². The molecule has 7 heteroatoms. The van der Waals surface area contributed by atoms with E-state index in [9.17, 15) is 0 Å². The molecule has 0 N–H and O–H groups in total. The highest BCUT2D eigenvalue weighted by molar-refractivity contribution is 9.10. The second-order valence-electron chi connectivity index (χ2n) is 5.04. The number of methoxy groups -OCH3 is 1. The van der Waals surface area contributed by atoms with E-state index >= 15 is 0 Å². The predicted molar refractivity (Wildman–Crippen MR) is 105 cm³/mol. The molecule has 0 unspecified atom stereocenters. The molecule has 0 bridgehead atoms. The van der Waals surface area contributed by atoms with Gasteiger partial charge in [0.15, 0.2) is 11.5 Å². The van der Waals surface area contributed by atoms with Crippen molar-refractivity contribution in [1.29, 1.82) is 0 Å². The summed E-state index contributed by atoms with van der Waals surface area (Å²) in [6, 6.07) is 11.4. The number of hydrogen-bond donors (Lipinski definition) is 0. The molecule has 4 aromatic rings. The van der Waals surface area contributed by atoms with Crippen molar-refractivity contribution in [3.8, 4) is 23.1 Å². The first-order chi connectivity index (χ1) is 12.8. The van der Waals surface area contributed by atoms with E-state index in [-0.39, 0.29) is 0 Å². The Kier molecular flexibility index (Phi) is 5.58. The Labute approximate surface area is 160 Å². The summed E-state index contributed by atoms with van der Waals surface area (Å²) in [7, 11) is 1.59. The lowest BCUT2D eigenvalue weighted by Crippen LogP contribution is -2.00. The van der Waals surface area contributed by atoms with Crippen molar-refractivity contribution in [1.82, 2.24) is 24.5 Å². The van der Waals surface area contributed by atoms with Gasteiger partial charge in [0.1, 0.15) is 11.2 Å². The number of ether oxygens (including phenoxy) is 1. The number of rotatable bonds is 3. The maximum absolute atomic E-state index is 5.13. The lowest BCUT2D eigenvalue weighted by molar-refractivity contribution is 0.398. The van der Waals surface area contributed by atoms with Crippen LogP contribution in [-0.2, 0) is 0 Å². The maximum Gasteiger partial charge on any atom is 0.213 e. The van der Waals surface area contributed by atoms with Gasteiger partial charge in [0.2, 0.25) is 5.88 Å². The molecule has 0 saturated heterocycles. The van der Waals surface area contributed by atoms with E-state index in [1.54, 1.807) is 25.7 Å². The highest BCUT2D eigenvalue weighted by atomic mass is 79.9. The molecular weight excluding hydrogens is 394 g/mol. The first kappa shape index (κ1) is 18.0. The average Bonchev–Trinajstić information content (AvgIpc) is 3.08. The summed E-state index contributed by atoms with van der Waals surface area (Å²) in [4.78, 5) is 17.9. The van der Waals surface area contributed by atoms with Crippen molar-refractivity contribution in [2.45, 2.75) is 13.8 Å². The molecule has 0 atom stereocenters. The maximum atomic E-state index is 5.13. The van der Waals surface area contributed by atoms with Gasteiger partial charge in [0.25, 0.3) is 0 Å². The van der Waals surface area contributed by atoms with Gasteiger partial charge in [0, 0.05) is 22.9 Å². The van der Waals surface area contributed by atoms with Crippen molar-refractivity contribution in [3.05, 3.63) is 59.5 Å². The first-order valence-corrected chi connectivity index (χ1v) is 9.01. The third-order valence-electron chi connectivity index (χ3n) is 3.55. The zero-order valence-corrected chi connectivity index (χ0v) is 16.3. The Morgan fingerprint density at radius 2 is 1.85 bits per heavy atom. The van der Waals surface area contributed by atoms with Gasteiger partial charge in [-0.05, 0) is 40.2 Å². The standard InChI is InChI=1S/C17H12BrN5O.C2H6/c1-24-15-6-5-12(10-20-15)23-16-14(8-11(18)9-21-16)22-17(23)13-4-2-3-7-19-13;1-2/h2-10H,1H3;1-2H3. The predicted octanol–water partition coefficient (Wildman–Crippen LogP) is 4.67. The fourth-order valence-corrected chi connectivity index (χ4v) is 2.80. The summed E-state index contributed by atoms with van der Waals surface area (Å²) in [5.74, 6) is 1.27. The minimum absolute atomic E-state index is 0.554. The Morgan fingerprint density at radius 3 is 2.50 bits per heavy atom. The van der Waals surface area contributed by atoms with Crippen molar-refractivity contribution in [3.63, 3.8) is 0 Å². The lowest BCUT2D eigenvalue weighted by atomic mass is 10.3. The number of hydrogen-bond acceptors (Lipinski definition) is 5. The molecule has 132 valence electrons. The van der Waals surface area contributed by atoms with Crippen LogP contribution in [0.15, 0.2) is 59.5 Å².